The van der Waals surface area contributed by atoms with E-state index in [9.17, 15) is 9.59 Å². The van der Waals surface area contributed by atoms with Gasteiger partial charge in [0.2, 0.25) is 11.8 Å². The van der Waals surface area contributed by atoms with Crippen LogP contribution in [0.15, 0.2) is 24.3 Å². The lowest BCUT2D eigenvalue weighted by Crippen LogP contribution is -2.34. The van der Waals surface area contributed by atoms with Crippen LogP contribution >= 0.6 is 0 Å². The summed E-state index contributed by atoms with van der Waals surface area (Å²) in [5.74, 6) is 0.0374. The van der Waals surface area contributed by atoms with E-state index in [1.165, 1.54) is 5.56 Å². The summed E-state index contributed by atoms with van der Waals surface area (Å²) in [6.07, 6.45) is 0. The molecular formula is C17H25N3O2. The number of hydrogen-bond acceptors (Lipinski definition) is 3. The van der Waals surface area contributed by atoms with Gasteiger partial charge >= 0.3 is 0 Å². The molecule has 1 saturated heterocycles. The molecule has 1 aliphatic rings. The summed E-state index contributed by atoms with van der Waals surface area (Å²) in [6.45, 7) is 3.51. The maximum absolute atomic E-state index is 12.4. The molecule has 0 bridgehead atoms. The van der Waals surface area contributed by atoms with Crippen LogP contribution in [-0.4, -0.2) is 55.8 Å². The first-order valence-electron chi connectivity index (χ1n) is 7.64. The largest absolute Gasteiger partial charge is 0.349 e. The molecule has 1 heterocycles. The first kappa shape index (κ1) is 16.5. The molecule has 2 amide bonds. The van der Waals surface area contributed by atoms with Crippen molar-refractivity contribution in [2.75, 3.05) is 34.2 Å². The first-order chi connectivity index (χ1) is 10.4. The molecule has 0 unspecified atom stereocenters. The van der Waals surface area contributed by atoms with Gasteiger partial charge in [-0.1, -0.05) is 24.3 Å². The summed E-state index contributed by atoms with van der Waals surface area (Å²) >= 11 is 0. The number of carbonyl (C=O) groups excluding carboxylic acids is 2. The zero-order chi connectivity index (χ0) is 16.3. The average molecular weight is 303 g/mol. The molecule has 1 aliphatic heterocycles. The Morgan fingerprint density at radius 3 is 2.36 bits per heavy atom. The van der Waals surface area contributed by atoms with Gasteiger partial charge in [-0.2, -0.15) is 0 Å². The molecule has 0 saturated carbocycles. The van der Waals surface area contributed by atoms with Crippen LogP contribution in [0.4, 0.5) is 0 Å². The zero-order valence-corrected chi connectivity index (χ0v) is 13.8. The Morgan fingerprint density at radius 1 is 1.23 bits per heavy atom. The van der Waals surface area contributed by atoms with Gasteiger partial charge in [-0.15, -0.1) is 0 Å². The molecule has 1 aromatic rings. The fourth-order valence-corrected chi connectivity index (χ4v) is 3.07. The predicted molar refractivity (Wildman–Crippen MR) is 86.4 cm³/mol. The summed E-state index contributed by atoms with van der Waals surface area (Å²) < 4.78 is 0. The molecular weight excluding hydrogens is 278 g/mol. The quantitative estimate of drug-likeness (QED) is 0.905. The van der Waals surface area contributed by atoms with Crippen molar-refractivity contribution in [2.24, 2.45) is 5.92 Å². The number of likely N-dealkylation sites (tertiary alicyclic amines) is 1. The number of nitrogens with zero attached hydrogens (tertiary/aromatic N) is 2. The molecule has 2 atom stereocenters. The molecule has 0 aliphatic carbocycles. The van der Waals surface area contributed by atoms with Gasteiger partial charge in [-0.3, -0.25) is 9.59 Å². The Bertz CT molecular complexity index is 539. The van der Waals surface area contributed by atoms with E-state index in [1.54, 1.807) is 30.8 Å². The minimum absolute atomic E-state index is 0.0332. The van der Waals surface area contributed by atoms with Crippen LogP contribution in [0.5, 0.6) is 0 Å². The number of hydrogen-bond donors (Lipinski definition) is 1. The van der Waals surface area contributed by atoms with Gasteiger partial charge < -0.3 is 15.1 Å². The summed E-state index contributed by atoms with van der Waals surface area (Å²) in [4.78, 5) is 27.5. The van der Waals surface area contributed by atoms with Crippen LogP contribution in [0.25, 0.3) is 0 Å². The third-order valence-corrected chi connectivity index (χ3v) is 4.31. The Hall–Kier alpha value is -1.88. The van der Waals surface area contributed by atoms with Crippen molar-refractivity contribution in [1.29, 1.82) is 0 Å². The topological polar surface area (TPSA) is 52.7 Å². The Kier molecular flexibility index (Phi) is 5.19. The minimum atomic E-state index is -0.158. The summed E-state index contributed by atoms with van der Waals surface area (Å²) in [5, 5.41) is 3.12. The summed E-state index contributed by atoms with van der Waals surface area (Å²) in [7, 11) is 5.46. The van der Waals surface area contributed by atoms with Gasteiger partial charge in [0, 0.05) is 46.6 Å². The Balaban J connectivity index is 2.24. The fraction of sp³-hybridized carbons (Fsp3) is 0.529. The number of benzene rings is 1. The second-order valence-electron chi connectivity index (χ2n) is 6.14. The number of amides is 2. The van der Waals surface area contributed by atoms with Crippen LogP contribution in [0.2, 0.25) is 0 Å². The highest BCUT2D eigenvalue weighted by Gasteiger charge is 2.40. The van der Waals surface area contributed by atoms with E-state index in [1.807, 2.05) is 7.05 Å². The lowest BCUT2D eigenvalue weighted by Gasteiger charge is -2.21. The Morgan fingerprint density at radius 2 is 1.86 bits per heavy atom. The van der Waals surface area contributed by atoms with E-state index >= 15 is 0 Å². The highest BCUT2D eigenvalue weighted by molar-refractivity contribution is 5.82. The molecule has 0 spiro atoms. The molecule has 0 aromatic heterocycles. The van der Waals surface area contributed by atoms with Crippen molar-refractivity contribution in [3.8, 4) is 0 Å². The van der Waals surface area contributed by atoms with Crippen LogP contribution in [0.3, 0.4) is 0 Å². The normalized spacial score (nSPS) is 21.0. The monoisotopic (exact) mass is 303 g/mol. The van der Waals surface area contributed by atoms with Crippen LogP contribution in [-0.2, 0) is 16.1 Å². The first-order valence-corrected chi connectivity index (χ1v) is 7.64. The third kappa shape index (κ3) is 3.47. The van der Waals surface area contributed by atoms with Gasteiger partial charge in [-0.25, -0.2) is 0 Å². The molecule has 0 radical (unpaired) electrons. The van der Waals surface area contributed by atoms with Gasteiger partial charge in [0.25, 0.3) is 0 Å². The standard InChI is InChI=1S/C17H25N3O2/c1-12(21)20-10-15(16(11-20)17(22)19(3)4)14-7-5-13(6-8-14)9-18-2/h5-8,15-16,18H,9-11H2,1-4H3/t15-,16+/m0/s1. The molecule has 1 aromatic carbocycles. The van der Waals surface area contributed by atoms with Crippen molar-refractivity contribution in [3.05, 3.63) is 35.4 Å². The number of carbonyl (C=O) groups is 2. The number of rotatable bonds is 4. The fourth-order valence-electron chi connectivity index (χ4n) is 3.07. The molecule has 5 nitrogen and oxygen atoms in total. The summed E-state index contributed by atoms with van der Waals surface area (Å²) in [6, 6.07) is 8.33. The van der Waals surface area contributed by atoms with Gasteiger partial charge in [-0.05, 0) is 18.2 Å². The second-order valence-corrected chi connectivity index (χ2v) is 6.14. The van der Waals surface area contributed by atoms with Gasteiger partial charge in [0.05, 0.1) is 5.92 Å². The maximum atomic E-state index is 12.4. The van der Waals surface area contributed by atoms with Crippen molar-refractivity contribution in [2.45, 2.75) is 19.4 Å². The zero-order valence-electron chi connectivity index (χ0n) is 13.8. The smallest absolute Gasteiger partial charge is 0.227 e. The lowest BCUT2D eigenvalue weighted by molar-refractivity contribution is -0.133. The SMILES string of the molecule is CNCc1ccc([C@@H]2CN(C(C)=O)C[C@H]2C(=O)N(C)C)cc1. The van der Waals surface area contributed by atoms with Crippen LogP contribution in [0, 0.1) is 5.92 Å². The second kappa shape index (κ2) is 6.92. The van der Waals surface area contributed by atoms with Gasteiger partial charge in [0.1, 0.15) is 0 Å². The minimum Gasteiger partial charge on any atom is -0.349 e. The van der Waals surface area contributed by atoms with Crippen molar-refractivity contribution >= 4 is 11.8 Å². The molecule has 5 heteroatoms. The van der Waals surface area contributed by atoms with E-state index in [2.05, 4.69) is 29.6 Å². The molecule has 120 valence electrons. The maximum Gasteiger partial charge on any atom is 0.227 e. The van der Waals surface area contributed by atoms with E-state index in [0.717, 1.165) is 12.1 Å². The van der Waals surface area contributed by atoms with E-state index in [0.29, 0.717) is 13.1 Å². The van der Waals surface area contributed by atoms with Crippen molar-refractivity contribution in [1.82, 2.24) is 15.1 Å². The van der Waals surface area contributed by atoms with Crippen LogP contribution in [0.1, 0.15) is 24.0 Å². The highest BCUT2D eigenvalue weighted by atomic mass is 16.2. The molecule has 1 fully saturated rings. The van der Waals surface area contributed by atoms with E-state index in [-0.39, 0.29) is 23.7 Å². The molecule has 22 heavy (non-hydrogen) atoms. The van der Waals surface area contributed by atoms with E-state index in [4.69, 9.17) is 0 Å². The average Bonchev–Trinajstić information content (AvgIpc) is 2.92. The lowest BCUT2D eigenvalue weighted by atomic mass is 9.87. The Labute approximate surface area is 132 Å². The van der Waals surface area contributed by atoms with E-state index < -0.39 is 0 Å². The summed E-state index contributed by atoms with van der Waals surface area (Å²) in [5.41, 5.74) is 2.34. The van der Waals surface area contributed by atoms with Crippen molar-refractivity contribution < 1.29 is 9.59 Å². The number of nitrogens with one attached hydrogen (secondary N) is 1. The molecule has 2 rings (SSSR count). The third-order valence-electron chi connectivity index (χ3n) is 4.31. The molecule has 1 N–H and O–H groups in total. The highest BCUT2D eigenvalue weighted by Crippen LogP contribution is 2.34. The van der Waals surface area contributed by atoms with Crippen LogP contribution < -0.4 is 5.32 Å². The van der Waals surface area contributed by atoms with Gasteiger partial charge in [0.15, 0.2) is 0 Å². The van der Waals surface area contributed by atoms with Crippen molar-refractivity contribution in [3.63, 3.8) is 0 Å². The predicted octanol–water partition coefficient (Wildman–Crippen LogP) is 1.06.